The van der Waals surface area contributed by atoms with Crippen LogP contribution < -0.4 is 16.4 Å². The van der Waals surface area contributed by atoms with Crippen molar-refractivity contribution < 1.29 is 37.8 Å². The molecule has 3 aromatic rings. The van der Waals surface area contributed by atoms with Gasteiger partial charge >= 0.3 is 5.97 Å². The fourth-order valence-corrected chi connectivity index (χ4v) is 6.50. The third-order valence-corrected chi connectivity index (χ3v) is 9.18. The number of oxazole rings is 1. The van der Waals surface area contributed by atoms with E-state index >= 15 is 0 Å². The predicted molar refractivity (Wildman–Crippen MR) is 198 cm³/mol. The first-order valence-corrected chi connectivity index (χ1v) is 18.3. The Balaban J connectivity index is 1.32. The van der Waals surface area contributed by atoms with Crippen molar-refractivity contribution in [3.8, 4) is 11.3 Å². The van der Waals surface area contributed by atoms with E-state index < -0.39 is 48.1 Å². The highest BCUT2D eigenvalue weighted by Gasteiger charge is 2.39. The number of anilines is 1. The average Bonchev–Trinajstić information content (AvgIpc) is 3.92. The third kappa shape index (κ3) is 11.6. The van der Waals surface area contributed by atoms with E-state index in [0.29, 0.717) is 41.9 Å². The number of esters is 1. The summed E-state index contributed by atoms with van der Waals surface area (Å²) in [5.41, 5.74) is 8.18. The lowest BCUT2D eigenvalue weighted by Crippen LogP contribution is -2.44. The Bertz CT molecular complexity index is 1900. The number of nitrogens with one attached hydrogen (secondary N) is 2. The fourth-order valence-electron chi connectivity index (χ4n) is 6.50. The Labute approximate surface area is 318 Å². The molecule has 3 aromatic heterocycles. The molecule has 2 bridgehead atoms. The van der Waals surface area contributed by atoms with Crippen molar-refractivity contribution in [3.63, 3.8) is 0 Å². The molecule has 3 amide bonds. The van der Waals surface area contributed by atoms with Crippen molar-refractivity contribution >= 4 is 29.4 Å². The number of rotatable bonds is 7. The third-order valence-electron chi connectivity index (χ3n) is 9.18. The van der Waals surface area contributed by atoms with Gasteiger partial charge in [-0.2, -0.15) is 0 Å². The molecule has 2 aliphatic rings. The minimum atomic E-state index is -1.50. The fraction of sp³-hybridized carbons (Fsp3) is 0.474. The lowest BCUT2D eigenvalue weighted by atomic mass is 9.89. The van der Waals surface area contributed by atoms with Crippen LogP contribution in [0, 0.1) is 11.8 Å². The standard InChI is InChI=1S/C38H48FN9O7/c1-23(2)36-25(16-34(51)43-11-13-47-21-30(45-46-47)26-15-28(40)20-41-19-26)8-9-33(50)42-10-4-6-24(3)14-29(49)17-27(39)18-35-44-31(22-54-35)37(52)48-12-5-7-32(48)38(53)55-36/h4,6,8-9,14-15,19-23,25,27,29,32,36,49H,5,7,10-13,16-18,40H2,1-3H3,(H,42,50)(H,43,51)/b6-4+,9-8+,24-14+/t25-,27+,29+,32+,36+/m0/s1. The molecule has 1 saturated heterocycles. The Morgan fingerprint density at radius 2 is 2.02 bits per heavy atom. The number of ether oxygens (including phenoxy) is 1. The van der Waals surface area contributed by atoms with Crippen LogP contribution in [0.4, 0.5) is 10.1 Å². The van der Waals surface area contributed by atoms with E-state index in [-0.39, 0.29) is 62.3 Å². The predicted octanol–water partition coefficient (Wildman–Crippen LogP) is 2.73. The lowest BCUT2D eigenvalue weighted by Gasteiger charge is -2.30. The van der Waals surface area contributed by atoms with Crippen molar-refractivity contribution in [2.45, 2.75) is 83.8 Å². The van der Waals surface area contributed by atoms with E-state index in [1.54, 1.807) is 48.3 Å². The van der Waals surface area contributed by atoms with E-state index in [1.807, 2.05) is 13.8 Å². The molecule has 5 rings (SSSR count). The van der Waals surface area contributed by atoms with Crippen molar-refractivity contribution in [3.05, 3.63) is 78.5 Å². The summed E-state index contributed by atoms with van der Waals surface area (Å²) in [4.78, 5) is 63.1. The van der Waals surface area contributed by atoms with E-state index in [2.05, 4.69) is 30.9 Å². The number of carbonyl (C=O) groups is 4. The van der Waals surface area contributed by atoms with E-state index in [4.69, 9.17) is 14.9 Å². The number of alkyl halides is 1. The van der Waals surface area contributed by atoms with Crippen LogP contribution in [0.2, 0.25) is 0 Å². The summed E-state index contributed by atoms with van der Waals surface area (Å²) in [7, 11) is 0. The monoisotopic (exact) mass is 761 g/mol. The van der Waals surface area contributed by atoms with Crippen LogP contribution in [0.25, 0.3) is 11.3 Å². The second-order valence-corrected chi connectivity index (χ2v) is 14.0. The first-order chi connectivity index (χ1) is 26.4. The van der Waals surface area contributed by atoms with Crippen molar-refractivity contribution in [2.24, 2.45) is 11.8 Å². The number of pyridine rings is 1. The Morgan fingerprint density at radius 3 is 2.80 bits per heavy atom. The van der Waals surface area contributed by atoms with E-state index in [0.717, 1.165) is 6.26 Å². The molecule has 0 saturated carbocycles. The molecule has 0 unspecified atom stereocenters. The van der Waals surface area contributed by atoms with Crippen LogP contribution in [-0.4, -0.2) is 103 Å². The Hall–Kier alpha value is -5.71. The normalized spacial score (nSPS) is 25.3. The molecule has 294 valence electrons. The number of nitrogens with zero attached hydrogens (tertiary/aromatic N) is 6. The minimum Gasteiger partial charge on any atom is -0.460 e. The van der Waals surface area contributed by atoms with Gasteiger partial charge in [-0.15, -0.1) is 5.10 Å². The average molecular weight is 762 g/mol. The van der Waals surface area contributed by atoms with Gasteiger partial charge in [-0.05, 0) is 37.8 Å². The Morgan fingerprint density at radius 1 is 1.20 bits per heavy atom. The number of cyclic esters (lactones) is 1. The van der Waals surface area contributed by atoms with Crippen LogP contribution in [0.5, 0.6) is 0 Å². The maximum Gasteiger partial charge on any atom is 0.329 e. The summed E-state index contributed by atoms with van der Waals surface area (Å²) in [6, 6.07) is 0.800. The number of halogens is 1. The molecule has 1 fully saturated rings. The van der Waals surface area contributed by atoms with Gasteiger partial charge in [0.2, 0.25) is 11.8 Å². The molecular formula is C38H48FN9O7. The van der Waals surface area contributed by atoms with Gasteiger partial charge in [0.15, 0.2) is 11.6 Å². The molecule has 5 N–H and O–H groups in total. The summed E-state index contributed by atoms with van der Waals surface area (Å²) in [6.07, 6.45) is 10.6. The molecule has 2 aliphatic heterocycles. The number of fused-ring (bicyclic) bond motifs is 3. The number of aromatic nitrogens is 5. The van der Waals surface area contributed by atoms with Crippen molar-refractivity contribution in [1.82, 2.24) is 40.5 Å². The number of nitrogen functional groups attached to an aromatic ring is 1. The molecule has 0 radical (unpaired) electrons. The van der Waals surface area contributed by atoms with E-state index in [1.165, 1.54) is 23.2 Å². The van der Waals surface area contributed by atoms with Crippen molar-refractivity contribution in [2.75, 3.05) is 25.4 Å². The van der Waals surface area contributed by atoms with Gasteiger partial charge in [0.05, 0.1) is 31.0 Å². The van der Waals surface area contributed by atoms with Gasteiger partial charge in [-0.1, -0.05) is 48.9 Å². The highest BCUT2D eigenvalue weighted by atomic mass is 19.1. The number of amides is 3. The summed E-state index contributed by atoms with van der Waals surface area (Å²) >= 11 is 0. The number of nitrogens with two attached hydrogens (primary N) is 1. The SMILES string of the molecule is CC1=C\[C@@H](O)C[C@@H](F)Cc2nc(co2)C(=O)N2CCC[C@@H]2C(=O)O[C@H](C(C)C)[C@H](CC(=O)NCCn2cc(-c3cncc(N)c3)nn2)/C=C/C(=O)NC\C=C\1. The topological polar surface area (TPSA) is 221 Å². The molecule has 16 nitrogen and oxygen atoms in total. The van der Waals surface area contributed by atoms with Crippen molar-refractivity contribution in [1.29, 1.82) is 0 Å². The van der Waals surface area contributed by atoms with Gasteiger partial charge in [-0.25, -0.2) is 14.2 Å². The maximum absolute atomic E-state index is 14.8. The summed E-state index contributed by atoms with van der Waals surface area (Å²) < 4.78 is 27.9. The van der Waals surface area contributed by atoms with Gasteiger partial charge in [0.25, 0.3) is 5.91 Å². The summed E-state index contributed by atoms with van der Waals surface area (Å²) in [5, 5.41) is 24.3. The highest BCUT2D eigenvalue weighted by molar-refractivity contribution is 5.95. The van der Waals surface area contributed by atoms with Gasteiger partial charge in [0.1, 0.15) is 30.3 Å². The smallest absolute Gasteiger partial charge is 0.329 e. The van der Waals surface area contributed by atoms with Crippen LogP contribution in [0.3, 0.4) is 0 Å². The largest absolute Gasteiger partial charge is 0.460 e. The zero-order valence-electron chi connectivity index (χ0n) is 31.1. The van der Waals surface area contributed by atoms with Crippen LogP contribution in [0.15, 0.2) is 71.3 Å². The number of allylic oxidation sites excluding steroid dienone is 2. The van der Waals surface area contributed by atoms with E-state index in [9.17, 15) is 28.7 Å². The molecule has 17 heteroatoms. The lowest BCUT2D eigenvalue weighted by molar-refractivity contribution is -0.159. The molecular weight excluding hydrogens is 713 g/mol. The number of aliphatic hydroxyl groups excluding tert-OH is 1. The maximum atomic E-state index is 14.8. The second kappa shape index (κ2) is 19.1. The van der Waals surface area contributed by atoms with Crippen LogP contribution in [-0.2, 0) is 32.1 Å². The molecule has 55 heavy (non-hydrogen) atoms. The van der Waals surface area contributed by atoms with Gasteiger partial charge in [0, 0.05) is 56.4 Å². The molecule has 0 spiro atoms. The second-order valence-electron chi connectivity index (χ2n) is 14.0. The summed E-state index contributed by atoms with van der Waals surface area (Å²) in [5.74, 6) is -3.03. The quantitative estimate of drug-likeness (QED) is 0.256. The van der Waals surface area contributed by atoms with Crippen LogP contribution >= 0.6 is 0 Å². The zero-order chi connectivity index (χ0) is 39.5. The zero-order valence-corrected chi connectivity index (χ0v) is 31.1. The summed E-state index contributed by atoms with van der Waals surface area (Å²) in [6.45, 7) is 6.36. The first-order valence-electron chi connectivity index (χ1n) is 18.3. The van der Waals surface area contributed by atoms with Gasteiger partial charge < -0.3 is 35.5 Å². The number of hydrogen-bond donors (Lipinski definition) is 4. The minimum absolute atomic E-state index is 0.00901. The number of carbonyl (C=O) groups excluding carboxylic acids is 4. The molecule has 0 aliphatic carbocycles. The first kappa shape index (κ1) is 40.5. The molecule has 5 atom stereocenters. The Kier molecular flexibility index (Phi) is 14.0. The molecule has 0 aromatic carbocycles. The molecule has 5 heterocycles. The number of aliphatic hydroxyl groups is 1. The highest BCUT2D eigenvalue weighted by Crippen LogP contribution is 2.27. The van der Waals surface area contributed by atoms with Gasteiger partial charge in [-0.3, -0.25) is 24.0 Å². The van der Waals surface area contributed by atoms with Crippen LogP contribution in [0.1, 0.15) is 62.8 Å². The number of hydrogen-bond acceptors (Lipinski definition) is 12.